The molecule has 2 aromatic rings. The molecule has 34 heavy (non-hydrogen) atoms. The Morgan fingerprint density at radius 2 is 1.97 bits per heavy atom. The molecular formula is C25H34N4O5. The molecule has 184 valence electrons. The maximum atomic E-state index is 11.8. The third-order valence-corrected chi connectivity index (χ3v) is 7.17. The van der Waals surface area contributed by atoms with Crippen LogP contribution < -0.4 is 9.47 Å². The number of morpholine rings is 1. The maximum absolute atomic E-state index is 11.8. The summed E-state index contributed by atoms with van der Waals surface area (Å²) in [6, 6.07) is 4.16. The van der Waals surface area contributed by atoms with Gasteiger partial charge in [0.15, 0.2) is 6.29 Å². The molecule has 5 rings (SSSR count). The van der Waals surface area contributed by atoms with E-state index in [0.717, 1.165) is 65.2 Å². The Labute approximate surface area is 200 Å². The Morgan fingerprint density at radius 3 is 2.76 bits per heavy atom. The number of pyridine rings is 1. The summed E-state index contributed by atoms with van der Waals surface area (Å²) in [6.45, 7) is 6.71. The number of aromatic nitrogens is 3. The lowest BCUT2D eigenvalue weighted by Crippen LogP contribution is -2.38. The van der Waals surface area contributed by atoms with Crippen LogP contribution in [-0.2, 0) is 9.47 Å². The SMILES string of the molecule is O=Cc1cc(OCCN2CCOCC2)ncc1OCC1CCCCC1c1ccnn1C1COC1. The molecule has 4 heterocycles. The van der Waals surface area contributed by atoms with Crippen LogP contribution >= 0.6 is 0 Å². The molecule has 1 saturated carbocycles. The van der Waals surface area contributed by atoms with Crippen molar-refractivity contribution < 1.29 is 23.7 Å². The highest BCUT2D eigenvalue weighted by molar-refractivity contribution is 5.79. The van der Waals surface area contributed by atoms with Gasteiger partial charge in [0.25, 0.3) is 0 Å². The summed E-state index contributed by atoms with van der Waals surface area (Å²) in [4.78, 5) is 18.4. The quantitative estimate of drug-likeness (QED) is 0.490. The molecule has 0 radical (unpaired) electrons. The average Bonchev–Trinajstić information content (AvgIpc) is 3.31. The standard InChI is InChI=1S/C25H34N4O5/c30-15-20-13-25(33-12-9-28-7-10-31-11-8-28)26-14-24(20)34-16-19-3-1-2-4-22(19)23-5-6-27-29(23)21-17-32-18-21/h5-6,13-15,19,21-22H,1-4,7-12,16-18H2. The predicted octanol–water partition coefficient (Wildman–Crippen LogP) is 2.73. The Bertz CT molecular complexity index is 941. The van der Waals surface area contributed by atoms with Gasteiger partial charge < -0.3 is 18.9 Å². The minimum atomic E-state index is 0.343. The highest BCUT2D eigenvalue weighted by Gasteiger charge is 2.32. The van der Waals surface area contributed by atoms with Gasteiger partial charge in [-0.2, -0.15) is 5.10 Å². The van der Waals surface area contributed by atoms with Crippen LogP contribution in [0.15, 0.2) is 24.5 Å². The zero-order valence-electron chi connectivity index (χ0n) is 19.6. The van der Waals surface area contributed by atoms with Crippen LogP contribution in [0.25, 0.3) is 0 Å². The van der Waals surface area contributed by atoms with E-state index in [4.69, 9.17) is 18.9 Å². The van der Waals surface area contributed by atoms with Crippen molar-refractivity contribution >= 4 is 6.29 Å². The van der Waals surface area contributed by atoms with Crippen LogP contribution in [0.2, 0.25) is 0 Å². The van der Waals surface area contributed by atoms with E-state index in [1.807, 2.05) is 6.20 Å². The first-order valence-corrected chi connectivity index (χ1v) is 12.4. The van der Waals surface area contributed by atoms with Crippen molar-refractivity contribution in [3.8, 4) is 11.6 Å². The molecule has 0 bridgehead atoms. The Morgan fingerprint density at radius 1 is 1.12 bits per heavy atom. The fraction of sp³-hybridized carbons (Fsp3) is 0.640. The molecule has 2 saturated heterocycles. The summed E-state index contributed by atoms with van der Waals surface area (Å²) in [5.41, 5.74) is 1.75. The summed E-state index contributed by atoms with van der Waals surface area (Å²) in [5.74, 6) is 1.73. The summed E-state index contributed by atoms with van der Waals surface area (Å²) in [7, 11) is 0. The number of nitrogens with zero attached hydrogens (tertiary/aromatic N) is 4. The van der Waals surface area contributed by atoms with E-state index in [-0.39, 0.29) is 0 Å². The molecule has 0 aromatic carbocycles. The van der Waals surface area contributed by atoms with E-state index in [2.05, 4.69) is 25.7 Å². The zero-order valence-corrected chi connectivity index (χ0v) is 19.6. The van der Waals surface area contributed by atoms with Gasteiger partial charge in [0.05, 0.1) is 50.8 Å². The van der Waals surface area contributed by atoms with Crippen molar-refractivity contribution in [1.29, 1.82) is 0 Å². The lowest BCUT2D eigenvalue weighted by atomic mass is 9.77. The molecule has 2 aliphatic heterocycles. The lowest BCUT2D eigenvalue weighted by Gasteiger charge is -2.35. The number of carbonyl (C=O) groups is 1. The normalized spacial score (nSPS) is 23.9. The topological polar surface area (TPSA) is 87.9 Å². The first kappa shape index (κ1) is 23.3. The highest BCUT2D eigenvalue weighted by atomic mass is 16.5. The van der Waals surface area contributed by atoms with E-state index in [9.17, 15) is 4.79 Å². The van der Waals surface area contributed by atoms with Crippen molar-refractivity contribution in [2.75, 3.05) is 59.3 Å². The van der Waals surface area contributed by atoms with E-state index < -0.39 is 0 Å². The van der Waals surface area contributed by atoms with Gasteiger partial charge in [-0.1, -0.05) is 12.8 Å². The van der Waals surface area contributed by atoms with E-state index >= 15 is 0 Å². The second-order valence-corrected chi connectivity index (χ2v) is 9.33. The van der Waals surface area contributed by atoms with Crippen LogP contribution in [0, 0.1) is 5.92 Å². The molecule has 2 unspecified atom stereocenters. The van der Waals surface area contributed by atoms with Gasteiger partial charge in [-0.3, -0.25) is 14.4 Å². The van der Waals surface area contributed by atoms with Gasteiger partial charge in [-0.15, -0.1) is 0 Å². The van der Waals surface area contributed by atoms with Gasteiger partial charge >= 0.3 is 0 Å². The Kier molecular flexibility index (Phi) is 7.72. The lowest BCUT2D eigenvalue weighted by molar-refractivity contribution is -0.0310. The number of aldehydes is 1. The monoisotopic (exact) mass is 470 g/mol. The third kappa shape index (κ3) is 5.42. The fourth-order valence-corrected chi connectivity index (χ4v) is 5.11. The summed E-state index contributed by atoms with van der Waals surface area (Å²) in [6.07, 6.45) is 8.96. The molecule has 1 aliphatic carbocycles. The van der Waals surface area contributed by atoms with Crippen molar-refractivity contribution in [2.24, 2.45) is 5.92 Å². The molecule has 3 fully saturated rings. The Balaban J connectivity index is 1.18. The summed E-state index contributed by atoms with van der Waals surface area (Å²) < 4.78 is 24.9. The van der Waals surface area contributed by atoms with E-state index in [0.29, 0.717) is 48.3 Å². The maximum Gasteiger partial charge on any atom is 0.214 e. The molecule has 2 aromatic heterocycles. The predicted molar refractivity (Wildman–Crippen MR) is 125 cm³/mol. The second kappa shape index (κ2) is 11.3. The van der Waals surface area contributed by atoms with Gasteiger partial charge in [0.1, 0.15) is 12.4 Å². The largest absolute Gasteiger partial charge is 0.491 e. The van der Waals surface area contributed by atoms with Gasteiger partial charge in [0.2, 0.25) is 5.88 Å². The van der Waals surface area contributed by atoms with Crippen LogP contribution in [0.5, 0.6) is 11.6 Å². The number of carbonyl (C=O) groups excluding carboxylic acids is 1. The minimum absolute atomic E-state index is 0.343. The molecule has 9 heteroatoms. The van der Waals surface area contributed by atoms with Crippen LogP contribution in [0.1, 0.15) is 53.7 Å². The summed E-state index contributed by atoms with van der Waals surface area (Å²) in [5, 5.41) is 4.57. The third-order valence-electron chi connectivity index (χ3n) is 7.17. The second-order valence-electron chi connectivity index (χ2n) is 9.33. The first-order chi connectivity index (χ1) is 16.8. The van der Waals surface area contributed by atoms with E-state index in [1.54, 1.807) is 12.3 Å². The number of hydrogen-bond acceptors (Lipinski definition) is 8. The van der Waals surface area contributed by atoms with E-state index in [1.165, 1.54) is 18.5 Å². The van der Waals surface area contributed by atoms with Crippen molar-refractivity contribution in [3.05, 3.63) is 35.8 Å². The molecule has 2 atom stereocenters. The van der Waals surface area contributed by atoms with Crippen molar-refractivity contribution in [1.82, 2.24) is 19.7 Å². The van der Waals surface area contributed by atoms with Gasteiger partial charge in [-0.25, -0.2) is 4.98 Å². The van der Waals surface area contributed by atoms with Crippen LogP contribution in [-0.4, -0.2) is 85.2 Å². The molecule has 9 nitrogen and oxygen atoms in total. The fourth-order valence-electron chi connectivity index (χ4n) is 5.11. The van der Waals surface area contributed by atoms with Crippen molar-refractivity contribution in [2.45, 2.75) is 37.6 Å². The highest BCUT2D eigenvalue weighted by Crippen LogP contribution is 2.39. The number of rotatable bonds is 10. The van der Waals surface area contributed by atoms with Crippen LogP contribution in [0.3, 0.4) is 0 Å². The summed E-state index contributed by atoms with van der Waals surface area (Å²) >= 11 is 0. The number of ether oxygens (including phenoxy) is 4. The van der Waals surface area contributed by atoms with Gasteiger partial charge in [0, 0.05) is 49.4 Å². The molecule has 0 N–H and O–H groups in total. The average molecular weight is 471 g/mol. The first-order valence-electron chi connectivity index (χ1n) is 12.4. The molecule has 0 amide bonds. The zero-order chi connectivity index (χ0) is 23.2. The van der Waals surface area contributed by atoms with Crippen LogP contribution in [0.4, 0.5) is 0 Å². The van der Waals surface area contributed by atoms with Crippen molar-refractivity contribution in [3.63, 3.8) is 0 Å². The molecule has 3 aliphatic rings. The molecule has 0 spiro atoms. The minimum Gasteiger partial charge on any atom is -0.491 e. The molecular weight excluding hydrogens is 436 g/mol. The van der Waals surface area contributed by atoms with Gasteiger partial charge in [-0.05, 0) is 18.9 Å². The number of hydrogen-bond donors (Lipinski definition) is 0. The smallest absolute Gasteiger partial charge is 0.214 e. The Hall–Kier alpha value is -2.49.